The Kier molecular flexibility index (Phi) is 6.43. The average Bonchev–Trinajstić information content (AvgIpc) is 2.80. The maximum Gasteiger partial charge on any atom is 1.00 e. The minimum Gasteiger partial charge on any atom is -0.449 e. The van der Waals surface area contributed by atoms with Crippen LogP contribution in [0.25, 0.3) is 5.32 Å². The number of rotatable bonds is 3. The van der Waals surface area contributed by atoms with Gasteiger partial charge in [0.15, 0.2) is 21.6 Å². The SMILES string of the molecule is Cc1nnc([N-]C(=O)c2ccc(C(F)(F)F)c(S(C)(=O)=O)c2C)o1.[Na+]. The van der Waals surface area contributed by atoms with E-state index in [1.165, 1.54) is 6.92 Å². The van der Waals surface area contributed by atoms with Gasteiger partial charge in [-0.1, -0.05) is 6.07 Å². The molecule has 12 heteroatoms. The van der Waals surface area contributed by atoms with E-state index in [1.54, 1.807) is 0 Å². The molecule has 1 heterocycles. The summed E-state index contributed by atoms with van der Waals surface area (Å²) in [6, 6.07) is 1.02. The van der Waals surface area contributed by atoms with Crippen molar-refractivity contribution >= 4 is 21.8 Å². The van der Waals surface area contributed by atoms with Gasteiger partial charge in [0, 0.05) is 18.7 Å². The van der Waals surface area contributed by atoms with Gasteiger partial charge in [-0.05, 0) is 18.6 Å². The van der Waals surface area contributed by atoms with Gasteiger partial charge in [-0.15, -0.1) is 0 Å². The van der Waals surface area contributed by atoms with Gasteiger partial charge in [0.25, 0.3) is 0 Å². The third-order valence-corrected chi connectivity index (χ3v) is 4.29. The van der Waals surface area contributed by atoms with Crippen LogP contribution in [0, 0.1) is 13.8 Å². The predicted octanol–water partition coefficient (Wildman–Crippen LogP) is -0.0417. The molecular weight excluding hydrogens is 374 g/mol. The summed E-state index contributed by atoms with van der Waals surface area (Å²) in [6.07, 6.45) is -4.25. The van der Waals surface area contributed by atoms with Crippen LogP contribution in [0.1, 0.15) is 27.4 Å². The molecule has 0 unspecified atom stereocenters. The number of carbonyl (C=O) groups excluding carboxylic acids is 1. The van der Waals surface area contributed by atoms with E-state index in [1.807, 2.05) is 0 Å². The van der Waals surface area contributed by atoms with Gasteiger partial charge >= 0.3 is 35.7 Å². The Morgan fingerprint density at radius 3 is 2.24 bits per heavy atom. The molecule has 2 rings (SSSR count). The first-order chi connectivity index (χ1) is 10.9. The molecule has 130 valence electrons. The summed E-state index contributed by atoms with van der Waals surface area (Å²) in [6.45, 7) is 2.56. The van der Waals surface area contributed by atoms with Crippen molar-refractivity contribution in [1.29, 1.82) is 0 Å². The molecule has 0 fully saturated rings. The van der Waals surface area contributed by atoms with Gasteiger partial charge in [-0.2, -0.15) is 13.2 Å². The molecule has 0 spiro atoms. The van der Waals surface area contributed by atoms with E-state index in [0.717, 1.165) is 13.0 Å². The Morgan fingerprint density at radius 1 is 1.20 bits per heavy atom. The van der Waals surface area contributed by atoms with Crippen LogP contribution in [-0.2, 0) is 16.0 Å². The Balaban J connectivity index is 0.00000312. The quantitative estimate of drug-likeness (QED) is 0.687. The molecule has 0 bridgehead atoms. The fourth-order valence-corrected chi connectivity index (χ4v) is 3.35. The number of aryl methyl sites for hydroxylation is 1. The molecule has 1 aromatic heterocycles. The maximum absolute atomic E-state index is 13.0. The number of amides is 1. The molecule has 0 saturated heterocycles. The van der Waals surface area contributed by atoms with Crippen LogP contribution in [-0.4, -0.2) is 30.8 Å². The zero-order valence-corrected chi connectivity index (χ0v) is 16.5. The zero-order chi connectivity index (χ0) is 18.3. The molecule has 1 amide bonds. The van der Waals surface area contributed by atoms with Crippen molar-refractivity contribution in [3.63, 3.8) is 0 Å². The molecule has 0 aliphatic carbocycles. The second kappa shape index (κ2) is 7.44. The molecule has 7 nitrogen and oxygen atoms in total. The second-order valence-corrected chi connectivity index (χ2v) is 6.86. The summed E-state index contributed by atoms with van der Waals surface area (Å²) in [5, 5.41) is 10.4. The number of aromatic nitrogens is 2. The van der Waals surface area contributed by atoms with Gasteiger partial charge < -0.3 is 14.8 Å². The van der Waals surface area contributed by atoms with Crippen molar-refractivity contribution in [2.75, 3.05) is 6.26 Å². The Bertz CT molecular complexity index is 910. The summed E-state index contributed by atoms with van der Waals surface area (Å²) in [7, 11) is -4.24. The minimum atomic E-state index is -4.88. The first-order valence-corrected chi connectivity index (χ1v) is 8.27. The van der Waals surface area contributed by atoms with E-state index in [4.69, 9.17) is 4.42 Å². The topological polar surface area (TPSA) is 104 Å². The zero-order valence-electron chi connectivity index (χ0n) is 13.7. The Morgan fingerprint density at radius 2 is 1.80 bits per heavy atom. The van der Waals surface area contributed by atoms with Crippen LogP contribution in [0.15, 0.2) is 21.4 Å². The first-order valence-electron chi connectivity index (χ1n) is 6.38. The van der Waals surface area contributed by atoms with Gasteiger partial charge in [0.05, 0.1) is 10.5 Å². The molecule has 25 heavy (non-hydrogen) atoms. The van der Waals surface area contributed by atoms with Crippen LogP contribution in [0.4, 0.5) is 19.2 Å². The number of nitrogens with zero attached hydrogens (tertiary/aromatic N) is 3. The summed E-state index contributed by atoms with van der Waals surface area (Å²) < 4.78 is 67.5. The van der Waals surface area contributed by atoms with Crippen LogP contribution < -0.4 is 29.6 Å². The molecule has 0 aliphatic heterocycles. The summed E-state index contributed by atoms with van der Waals surface area (Å²) in [5.41, 5.74) is -2.00. The Labute approximate surface area is 163 Å². The number of alkyl halides is 3. The van der Waals surface area contributed by atoms with Crippen LogP contribution in [0.3, 0.4) is 0 Å². The number of sulfone groups is 1. The number of hydrogen-bond donors (Lipinski definition) is 0. The third kappa shape index (κ3) is 4.81. The van der Waals surface area contributed by atoms with Crippen LogP contribution in [0.2, 0.25) is 0 Å². The number of carbonyl (C=O) groups is 1. The van der Waals surface area contributed by atoms with Crippen molar-refractivity contribution in [3.05, 3.63) is 40.0 Å². The molecule has 0 saturated carbocycles. The summed E-state index contributed by atoms with van der Waals surface area (Å²) >= 11 is 0. The number of hydrogen-bond acceptors (Lipinski definition) is 6. The molecule has 0 radical (unpaired) electrons. The maximum atomic E-state index is 13.0. The van der Waals surface area contributed by atoms with Gasteiger partial charge in [0.2, 0.25) is 0 Å². The molecule has 0 aliphatic rings. The van der Waals surface area contributed by atoms with Crippen molar-refractivity contribution < 1.29 is 60.4 Å². The van der Waals surface area contributed by atoms with Gasteiger partial charge in [-0.25, -0.2) is 13.5 Å². The van der Waals surface area contributed by atoms with Gasteiger partial charge in [0.1, 0.15) is 6.01 Å². The van der Waals surface area contributed by atoms with Crippen LogP contribution >= 0.6 is 0 Å². The van der Waals surface area contributed by atoms with E-state index in [0.29, 0.717) is 12.3 Å². The monoisotopic (exact) mass is 385 g/mol. The van der Waals surface area contributed by atoms with E-state index in [-0.39, 0.29) is 52.6 Å². The van der Waals surface area contributed by atoms with Crippen molar-refractivity contribution in [2.45, 2.75) is 24.9 Å². The van der Waals surface area contributed by atoms with Crippen LogP contribution in [0.5, 0.6) is 0 Å². The summed E-state index contributed by atoms with van der Waals surface area (Å²) in [5.74, 6) is -0.850. The van der Waals surface area contributed by atoms with Gasteiger partial charge in [-0.3, -0.25) is 4.79 Å². The van der Waals surface area contributed by atoms with Crippen molar-refractivity contribution in [1.82, 2.24) is 10.2 Å². The van der Waals surface area contributed by atoms with E-state index in [9.17, 15) is 26.4 Å². The fourth-order valence-electron chi connectivity index (χ4n) is 2.10. The Hall–Kier alpha value is -1.43. The molecule has 0 N–H and O–H groups in total. The largest absolute Gasteiger partial charge is 1.00 e. The summed E-state index contributed by atoms with van der Waals surface area (Å²) in [4.78, 5) is 11.2. The van der Waals surface area contributed by atoms with E-state index < -0.39 is 32.4 Å². The standard InChI is InChI=1S/C13H12F3N3O4S.Na/c1-6-8(11(20)17-12-19-18-7(2)23-12)4-5-9(13(14,15)16)10(6)24(3,21)22;/h4-5H,1-3H3,(H,17,19,20);/q;+1/p-1. The van der Waals surface area contributed by atoms with E-state index in [2.05, 4.69) is 15.5 Å². The second-order valence-electron chi connectivity index (χ2n) is 4.91. The number of benzene rings is 1. The van der Waals surface area contributed by atoms with Crippen molar-refractivity contribution in [2.24, 2.45) is 0 Å². The third-order valence-electron chi connectivity index (χ3n) is 3.03. The number of halogens is 3. The smallest absolute Gasteiger partial charge is 0.449 e. The minimum absolute atomic E-state index is 0. The normalized spacial score (nSPS) is 11.8. The first kappa shape index (κ1) is 21.6. The van der Waals surface area contributed by atoms with E-state index >= 15 is 0 Å². The average molecular weight is 385 g/mol. The molecular formula is C13H11F3N3NaO4S. The molecule has 0 atom stereocenters. The predicted molar refractivity (Wildman–Crippen MR) is 75.7 cm³/mol. The molecule has 2 aromatic rings. The van der Waals surface area contributed by atoms with Crippen molar-refractivity contribution in [3.8, 4) is 0 Å². The molecule has 1 aromatic carbocycles. The fraction of sp³-hybridized carbons (Fsp3) is 0.308.